The molecule has 0 aromatic heterocycles. The second kappa shape index (κ2) is 6.07. The van der Waals surface area contributed by atoms with Crippen molar-refractivity contribution in [2.45, 2.75) is 44.3 Å². The summed E-state index contributed by atoms with van der Waals surface area (Å²) in [6.07, 6.45) is 4.66. The molecule has 4 nitrogen and oxygen atoms in total. The Labute approximate surface area is 108 Å². The molecule has 0 amide bonds. The first-order chi connectivity index (χ1) is 8.70. The van der Waals surface area contributed by atoms with E-state index < -0.39 is 0 Å². The van der Waals surface area contributed by atoms with E-state index in [1.54, 1.807) is 19.2 Å². The van der Waals surface area contributed by atoms with Gasteiger partial charge in [-0.1, -0.05) is 12.8 Å². The maximum atomic E-state index is 9.80. The first-order valence-electron chi connectivity index (χ1n) is 6.55. The van der Waals surface area contributed by atoms with Gasteiger partial charge in [0, 0.05) is 24.2 Å². The highest BCUT2D eigenvalue weighted by Crippen LogP contribution is 2.24. The molecule has 2 rings (SSSR count). The Balaban J connectivity index is 1.96. The maximum absolute atomic E-state index is 9.80. The van der Waals surface area contributed by atoms with Crippen molar-refractivity contribution in [1.29, 1.82) is 0 Å². The van der Waals surface area contributed by atoms with Gasteiger partial charge in [0.25, 0.3) is 0 Å². The van der Waals surface area contributed by atoms with Gasteiger partial charge in [-0.3, -0.25) is 0 Å². The van der Waals surface area contributed by atoms with E-state index in [0.29, 0.717) is 18.3 Å². The van der Waals surface area contributed by atoms with E-state index in [-0.39, 0.29) is 6.04 Å². The summed E-state index contributed by atoms with van der Waals surface area (Å²) in [7, 11) is 1.63. The van der Waals surface area contributed by atoms with E-state index in [0.717, 1.165) is 24.2 Å². The number of nitrogens with one attached hydrogen (secondary N) is 1. The molecule has 1 aliphatic carbocycles. The lowest BCUT2D eigenvalue weighted by atomic mass is 9.91. The molecule has 0 aliphatic heterocycles. The van der Waals surface area contributed by atoms with Crippen molar-refractivity contribution in [2.24, 2.45) is 5.73 Å². The van der Waals surface area contributed by atoms with Crippen molar-refractivity contribution >= 4 is 0 Å². The van der Waals surface area contributed by atoms with Crippen LogP contribution in [0.25, 0.3) is 0 Å². The number of phenols is 1. The van der Waals surface area contributed by atoms with Crippen molar-refractivity contribution in [3.63, 3.8) is 0 Å². The van der Waals surface area contributed by atoms with E-state index >= 15 is 0 Å². The quantitative estimate of drug-likeness (QED) is 0.761. The highest BCUT2D eigenvalue weighted by Gasteiger charge is 2.21. The summed E-state index contributed by atoms with van der Waals surface area (Å²) in [5.74, 6) is 1.06. The molecular formula is C14H22N2O2. The highest BCUT2D eigenvalue weighted by molar-refractivity contribution is 5.39. The van der Waals surface area contributed by atoms with Gasteiger partial charge in [-0.2, -0.15) is 0 Å². The first kappa shape index (κ1) is 13.2. The van der Waals surface area contributed by atoms with Crippen LogP contribution in [0.1, 0.15) is 31.2 Å². The van der Waals surface area contributed by atoms with Gasteiger partial charge in [-0.15, -0.1) is 0 Å². The topological polar surface area (TPSA) is 67.5 Å². The van der Waals surface area contributed by atoms with Gasteiger partial charge in [0.2, 0.25) is 0 Å². The van der Waals surface area contributed by atoms with Gasteiger partial charge in [-0.05, 0) is 31.0 Å². The minimum Gasteiger partial charge on any atom is -0.508 e. The third-order valence-electron chi connectivity index (χ3n) is 3.66. The fraction of sp³-hybridized carbons (Fsp3) is 0.571. The van der Waals surface area contributed by atoms with Crippen molar-refractivity contribution in [1.82, 2.24) is 5.32 Å². The number of rotatable bonds is 4. The number of methoxy groups -OCH3 is 1. The molecule has 0 saturated heterocycles. The number of hydrogen-bond donors (Lipinski definition) is 3. The summed E-state index contributed by atoms with van der Waals surface area (Å²) in [4.78, 5) is 0. The zero-order chi connectivity index (χ0) is 13.0. The van der Waals surface area contributed by atoms with Crippen LogP contribution in [0.3, 0.4) is 0 Å². The Morgan fingerprint density at radius 3 is 2.89 bits per heavy atom. The van der Waals surface area contributed by atoms with E-state index in [1.165, 1.54) is 12.8 Å². The summed E-state index contributed by atoms with van der Waals surface area (Å²) in [6, 6.07) is 5.86. The summed E-state index contributed by atoms with van der Waals surface area (Å²) < 4.78 is 5.16. The van der Waals surface area contributed by atoms with Crippen LogP contribution >= 0.6 is 0 Å². The second-order valence-electron chi connectivity index (χ2n) is 4.93. The molecule has 0 radical (unpaired) electrons. The lowest BCUT2D eigenvalue weighted by molar-refractivity contribution is 0.324. The van der Waals surface area contributed by atoms with E-state index in [1.807, 2.05) is 6.07 Å². The van der Waals surface area contributed by atoms with Crippen LogP contribution in [0.2, 0.25) is 0 Å². The summed E-state index contributed by atoms with van der Waals surface area (Å²) in [5.41, 5.74) is 6.94. The van der Waals surface area contributed by atoms with Crippen LogP contribution in [0.5, 0.6) is 11.5 Å². The molecule has 4 heteroatoms. The Hall–Kier alpha value is -1.26. The second-order valence-corrected chi connectivity index (χ2v) is 4.93. The third-order valence-corrected chi connectivity index (χ3v) is 3.66. The van der Waals surface area contributed by atoms with Gasteiger partial charge in [0.05, 0.1) is 7.11 Å². The minimum absolute atomic E-state index is 0.228. The molecule has 100 valence electrons. The van der Waals surface area contributed by atoms with E-state index in [4.69, 9.17) is 10.5 Å². The lowest BCUT2D eigenvalue weighted by Crippen LogP contribution is -2.46. The molecular weight excluding hydrogens is 228 g/mol. The fourth-order valence-electron chi connectivity index (χ4n) is 2.48. The average molecular weight is 250 g/mol. The van der Waals surface area contributed by atoms with Crippen LogP contribution in [-0.2, 0) is 6.54 Å². The zero-order valence-corrected chi connectivity index (χ0v) is 10.9. The Morgan fingerprint density at radius 2 is 2.17 bits per heavy atom. The molecule has 1 saturated carbocycles. The van der Waals surface area contributed by atoms with Crippen molar-refractivity contribution in [2.75, 3.05) is 7.11 Å². The number of phenolic OH excluding ortho intramolecular Hbond substituents is 1. The SMILES string of the molecule is COc1ccc(O)c(CN[C@@H]2CCCC[C@H]2N)c1. The van der Waals surface area contributed by atoms with Crippen LogP contribution in [0, 0.1) is 0 Å². The third kappa shape index (κ3) is 3.15. The molecule has 2 atom stereocenters. The number of hydrogen-bond acceptors (Lipinski definition) is 4. The summed E-state index contributed by atoms with van der Waals surface area (Å²) in [6.45, 7) is 0.626. The molecule has 0 heterocycles. The van der Waals surface area contributed by atoms with Gasteiger partial charge < -0.3 is 20.9 Å². The van der Waals surface area contributed by atoms with Gasteiger partial charge >= 0.3 is 0 Å². The van der Waals surface area contributed by atoms with Gasteiger partial charge in [-0.25, -0.2) is 0 Å². The number of nitrogens with two attached hydrogens (primary N) is 1. The first-order valence-corrected chi connectivity index (χ1v) is 6.55. The smallest absolute Gasteiger partial charge is 0.120 e. The Kier molecular flexibility index (Phi) is 4.44. The molecule has 0 bridgehead atoms. The summed E-state index contributed by atoms with van der Waals surface area (Å²) in [5, 5.41) is 13.2. The fourth-order valence-corrected chi connectivity index (χ4v) is 2.48. The maximum Gasteiger partial charge on any atom is 0.120 e. The highest BCUT2D eigenvalue weighted by atomic mass is 16.5. The Bertz CT molecular complexity index is 395. The molecule has 1 aromatic carbocycles. The average Bonchev–Trinajstić information content (AvgIpc) is 2.39. The monoisotopic (exact) mass is 250 g/mol. The standard InChI is InChI=1S/C14H22N2O2/c1-18-11-6-7-14(17)10(8-11)9-16-13-5-3-2-4-12(13)15/h6-8,12-13,16-17H,2-5,9,15H2,1H3/t12-,13-/m1/s1. The van der Waals surface area contributed by atoms with Gasteiger partial charge in [0.1, 0.15) is 11.5 Å². The van der Waals surface area contributed by atoms with Crippen molar-refractivity contribution < 1.29 is 9.84 Å². The van der Waals surface area contributed by atoms with Crippen molar-refractivity contribution in [3.05, 3.63) is 23.8 Å². The largest absolute Gasteiger partial charge is 0.508 e. The lowest BCUT2D eigenvalue weighted by Gasteiger charge is -2.29. The van der Waals surface area contributed by atoms with Crippen LogP contribution in [0.15, 0.2) is 18.2 Å². The number of benzene rings is 1. The Morgan fingerprint density at radius 1 is 1.39 bits per heavy atom. The van der Waals surface area contributed by atoms with Crippen LogP contribution in [0.4, 0.5) is 0 Å². The molecule has 1 aliphatic rings. The molecule has 0 spiro atoms. The molecule has 0 unspecified atom stereocenters. The van der Waals surface area contributed by atoms with Gasteiger partial charge in [0.15, 0.2) is 0 Å². The molecule has 4 N–H and O–H groups in total. The zero-order valence-electron chi connectivity index (χ0n) is 10.9. The number of aromatic hydroxyl groups is 1. The van der Waals surface area contributed by atoms with Crippen LogP contribution < -0.4 is 15.8 Å². The normalized spacial score (nSPS) is 23.9. The molecule has 1 aromatic rings. The predicted octanol–water partition coefficient (Wildman–Crippen LogP) is 1.76. The molecule has 18 heavy (non-hydrogen) atoms. The predicted molar refractivity (Wildman–Crippen MR) is 71.7 cm³/mol. The number of ether oxygens (including phenoxy) is 1. The van der Waals surface area contributed by atoms with Crippen LogP contribution in [-0.4, -0.2) is 24.3 Å². The van der Waals surface area contributed by atoms with E-state index in [2.05, 4.69) is 5.32 Å². The van der Waals surface area contributed by atoms with E-state index in [9.17, 15) is 5.11 Å². The minimum atomic E-state index is 0.228. The molecule has 1 fully saturated rings. The van der Waals surface area contributed by atoms with Crippen molar-refractivity contribution in [3.8, 4) is 11.5 Å². The summed E-state index contributed by atoms with van der Waals surface area (Å²) >= 11 is 0.